The number of hydrogen-bond donors (Lipinski definition) is 1. The fraction of sp³-hybridized carbons (Fsp3) is 0.684. The normalized spacial score (nSPS) is 18.3. The largest absolute Gasteiger partial charge is 0.493 e. The van der Waals surface area contributed by atoms with Gasteiger partial charge in [0.1, 0.15) is 5.75 Å². The summed E-state index contributed by atoms with van der Waals surface area (Å²) in [7, 11) is 0. The van der Waals surface area contributed by atoms with Crippen LogP contribution in [0, 0.1) is 5.92 Å². The summed E-state index contributed by atoms with van der Waals surface area (Å²) in [5, 5.41) is 0. The smallest absolute Gasteiger partial charge is 0.119 e. The molecule has 1 unspecified atom stereocenters. The van der Waals surface area contributed by atoms with Gasteiger partial charge >= 0.3 is 0 Å². The Bertz CT molecular complexity index is 438. The van der Waals surface area contributed by atoms with E-state index >= 15 is 0 Å². The third-order valence-electron chi connectivity index (χ3n) is 4.46. The van der Waals surface area contributed by atoms with Crippen molar-refractivity contribution >= 4 is 0 Å². The molecule has 1 saturated heterocycles. The number of rotatable bonds is 8. The molecule has 0 saturated carbocycles. The maximum absolute atomic E-state index is 6.08. The summed E-state index contributed by atoms with van der Waals surface area (Å²) in [6, 6.07) is 8.82. The number of hydrogen-bond acceptors (Lipinski definition) is 4. The van der Waals surface area contributed by atoms with Gasteiger partial charge in [-0.25, -0.2) is 0 Å². The minimum atomic E-state index is 0.318. The fourth-order valence-corrected chi connectivity index (χ4v) is 3.16. The van der Waals surface area contributed by atoms with E-state index in [1.54, 1.807) is 0 Å². The Morgan fingerprint density at radius 3 is 2.26 bits per heavy atom. The molecule has 0 radical (unpaired) electrons. The highest BCUT2D eigenvalue weighted by Crippen LogP contribution is 2.24. The zero-order chi connectivity index (χ0) is 16.7. The molecule has 1 aromatic rings. The summed E-state index contributed by atoms with van der Waals surface area (Å²) in [6.45, 7) is 13.7. The predicted molar refractivity (Wildman–Crippen MR) is 96.9 cm³/mol. The van der Waals surface area contributed by atoms with Crippen LogP contribution < -0.4 is 10.5 Å². The van der Waals surface area contributed by atoms with E-state index in [2.05, 4.69) is 54.8 Å². The Labute approximate surface area is 141 Å². The molecule has 1 atom stereocenters. The molecule has 2 N–H and O–H groups in total. The van der Waals surface area contributed by atoms with Crippen molar-refractivity contribution in [3.05, 3.63) is 29.8 Å². The van der Waals surface area contributed by atoms with E-state index in [0.29, 0.717) is 18.5 Å². The highest BCUT2D eigenvalue weighted by atomic mass is 16.5. The second kappa shape index (κ2) is 9.26. The van der Waals surface area contributed by atoms with Gasteiger partial charge in [0.2, 0.25) is 0 Å². The Morgan fingerprint density at radius 1 is 1.09 bits per heavy atom. The Hall–Kier alpha value is -1.10. The van der Waals surface area contributed by atoms with Crippen LogP contribution in [0.1, 0.15) is 38.8 Å². The van der Waals surface area contributed by atoms with Gasteiger partial charge < -0.3 is 15.4 Å². The van der Waals surface area contributed by atoms with E-state index in [4.69, 9.17) is 10.5 Å². The predicted octanol–water partition coefficient (Wildman–Crippen LogP) is 2.75. The summed E-state index contributed by atoms with van der Waals surface area (Å²) in [5.41, 5.74) is 7.38. The molecule has 0 amide bonds. The molecule has 4 heteroatoms. The molecule has 0 aromatic heterocycles. The van der Waals surface area contributed by atoms with E-state index in [-0.39, 0.29) is 0 Å². The zero-order valence-electron chi connectivity index (χ0n) is 15.0. The van der Waals surface area contributed by atoms with E-state index < -0.39 is 0 Å². The molecule has 0 spiro atoms. The molecular formula is C19H33N3O. The monoisotopic (exact) mass is 319 g/mol. The van der Waals surface area contributed by atoms with Crippen LogP contribution >= 0.6 is 0 Å². The SMILES string of the molecule is CCCN1CCN(C(CN)c2ccc(OCC(C)C)cc2)CC1. The van der Waals surface area contributed by atoms with Crippen LogP contribution in [-0.4, -0.2) is 55.7 Å². The van der Waals surface area contributed by atoms with Crippen molar-refractivity contribution in [3.63, 3.8) is 0 Å². The maximum Gasteiger partial charge on any atom is 0.119 e. The molecule has 130 valence electrons. The first-order valence-electron chi connectivity index (χ1n) is 9.03. The molecule has 2 rings (SSSR count). The van der Waals surface area contributed by atoms with Gasteiger partial charge in [0.25, 0.3) is 0 Å². The van der Waals surface area contributed by atoms with Crippen molar-refractivity contribution in [2.45, 2.75) is 33.2 Å². The first-order chi connectivity index (χ1) is 11.1. The molecule has 1 aliphatic rings. The van der Waals surface area contributed by atoms with Gasteiger partial charge in [-0.05, 0) is 36.6 Å². The lowest BCUT2D eigenvalue weighted by atomic mass is 10.0. The van der Waals surface area contributed by atoms with Gasteiger partial charge in [-0.15, -0.1) is 0 Å². The van der Waals surface area contributed by atoms with Crippen molar-refractivity contribution in [1.29, 1.82) is 0 Å². The van der Waals surface area contributed by atoms with Gasteiger partial charge in [0.15, 0.2) is 0 Å². The Morgan fingerprint density at radius 2 is 1.74 bits per heavy atom. The molecule has 1 aromatic carbocycles. The fourth-order valence-electron chi connectivity index (χ4n) is 3.16. The molecule has 1 heterocycles. The summed E-state index contributed by atoms with van der Waals surface area (Å²) < 4.78 is 5.77. The summed E-state index contributed by atoms with van der Waals surface area (Å²) in [6.07, 6.45) is 1.23. The van der Waals surface area contributed by atoms with Crippen molar-refractivity contribution in [2.24, 2.45) is 11.7 Å². The van der Waals surface area contributed by atoms with Crippen LogP contribution in [0.3, 0.4) is 0 Å². The summed E-state index contributed by atoms with van der Waals surface area (Å²) in [4.78, 5) is 5.07. The first-order valence-corrected chi connectivity index (χ1v) is 9.03. The number of benzene rings is 1. The van der Waals surface area contributed by atoms with Gasteiger partial charge in [0.05, 0.1) is 6.61 Å². The lowest BCUT2D eigenvalue weighted by Crippen LogP contribution is -2.49. The standard InChI is InChI=1S/C19H33N3O/c1-4-9-21-10-12-22(13-11-21)19(14-20)17-5-7-18(8-6-17)23-15-16(2)3/h5-8,16,19H,4,9-15,20H2,1-3H3. The maximum atomic E-state index is 6.08. The van der Waals surface area contributed by atoms with Gasteiger partial charge in [0, 0.05) is 38.8 Å². The number of nitrogens with zero attached hydrogens (tertiary/aromatic N) is 2. The molecule has 23 heavy (non-hydrogen) atoms. The van der Waals surface area contributed by atoms with Crippen LogP contribution in [-0.2, 0) is 0 Å². The third-order valence-corrected chi connectivity index (χ3v) is 4.46. The van der Waals surface area contributed by atoms with Crippen LogP contribution in [0.4, 0.5) is 0 Å². The second-order valence-corrected chi connectivity index (χ2v) is 6.90. The lowest BCUT2D eigenvalue weighted by Gasteiger charge is -2.39. The average molecular weight is 319 g/mol. The van der Waals surface area contributed by atoms with Gasteiger partial charge in [-0.1, -0.05) is 32.9 Å². The molecule has 0 bridgehead atoms. The van der Waals surface area contributed by atoms with Crippen molar-refractivity contribution in [1.82, 2.24) is 9.80 Å². The van der Waals surface area contributed by atoms with E-state index in [1.807, 2.05) is 0 Å². The zero-order valence-corrected chi connectivity index (χ0v) is 15.0. The third kappa shape index (κ3) is 5.48. The minimum Gasteiger partial charge on any atom is -0.493 e. The number of piperazine rings is 1. The van der Waals surface area contributed by atoms with E-state index in [9.17, 15) is 0 Å². The Kier molecular flexibility index (Phi) is 7.34. The highest BCUT2D eigenvalue weighted by molar-refractivity contribution is 5.29. The highest BCUT2D eigenvalue weighted by Gasteiger charge is 2.23. The second-order valence-electron chi connectivity index (χ2n) is 6.90. The summed E-state index contributed by atoms with van der Waals surface area (Å²) in [5.74, 6) is 1.50. The van der Waals surface area contributed by atoms with Crippen LogP contribution in [0.15, 0.2) is 24.3 Å². The van der Waals surface area contributed by atoms with E-state index in [0.717, 1.165) is 38.5 Å². The topological polar surface area (TPSA) is 41.7 Å². The molecular weight excluding hydrogens is 286 g/mol. The lowest BCUT2D eigenvalue weighted by molar-refractivity contribution is 0.0985. The van der Waals surface area contributed by atoms with Crippen LogP contribution in [0.25, 0.3) is 0 Å². The first kappa shape index (κ1) is 18.2. The number of ether oxygens (including phenoxy) is 1. The van der Waals surface area contributed by atoms with Gasteiger partial charge in [-0.3, -0.25) is 4.90 Å². The molecule has 0 aliphatic carbocycles. The van der Waals surface area contributed by atoms with Crippen LogP contribution in [0.2, 0.25) is 0 Å². The number of nitrogens with two attached hydrogens (primary N) is 1. The molecule has 1 aliphatic heterocycles. The van der Waals surface area contributed by atoms with Crippen LogP contribution in [0.5, 0.6) is 5.75 Å². The Balaban J connectivity index is 1.93. The minimum absolute atomic E-state index is 0.318. The van der Waals surface area contributed by atoms with Crippen molar-refractivity contribution in [2.75, 3.05) is 45.9 Å². The van der Waals surface area contributed by atoms with Gasteiger partial charge in [-0.2, -0.15) is 0 Å². The quantitative estimate of drug-likeness (QED) is 0.800. The van der Waals surface area contributed by atoms with E-state index in [1.165, 1.54) is 18.5 Å². The molecule has 1 fully saturated rings. The summed E-state index contributed by atoms with van der Waals surface area (Å²) >= 11 is 0. The average Bonchev–Trinajstić information content (AvgIpc) is 2.56. The molecule has 4 nitrogen and oxygen atoms in total. The van der Waals surface area contributed by atoms with Crippen molar-refractivity contribution in [3.8, 4) is 5.75 Å². The van der Waals surface area contributed by atoms with Crippen molar-refractivity contribution < 1.29 is 4.74 Å².